The highest BCUT2D eigenvalue weighted by Gasteiger charge is 2.22. The molecule has 0 radical (unpaired) electrons. The lowest BCUT2D eigenvalue weighted by atomic mass is 10.1. The summed E-state index contributed by atoms with van der Waals surface area (Å²) in [7, 11) is 0. The molecule has 1 fully saturated rings. The maximum atomic E-state index is 5.32. The summed E-state index contributed by atoms with van der Waals surface area (Å²) in [5.41, 5.74) is 1.31. The van der Waals surface area contributed by atoms with Crippen LogP contribution in [0.5, 0.6) is 0 Å². The van der Waals surface area contributed by atoms with Crippen molar-refractivity contribution in [3.63, 3.8) is 0 Å². The average molecular weight is 335 g/mol. The summed E-state index contributed by atoms with van der Waals surface area (Å²) in [6, 6.07) is 12.5. The number of furan rings is 1. The highest BCUT2D eigenvalue weighted by molar-refractivity contribution is 9.10. The minimum atomic E-state index is 0.712. The SMILES string of the molecule is Brc1cccc(N2CCC(CNCc3ccco3)C2)c1. The molecule has 2 heterocycles. The topological polar surface area (TPSA) is 28.4 Å². The molecule has 1 atom stereocenters. The third-order valence-electron chi connectivity index (χ3n) is 3.77. The van der Waals surface area contributed by atoms with Gasteiger partial charge in [-0.15, -0.1) is 0 Å². The Labute approximate surface area is 128 Å². The molecule has 1 aliphatic heterocycles. The number of nitrogens with zero attached hydrogens (tertiary/aromatic N) is 1. The lowest BCUT2D eigenvalue weighted by Gasteiger charge is -2.19. The van der Waals surface area contributed by atoms with E-state index in [-0.39, 0.29) is 0 Å². The first-order valence-electron chi connectivity index (χ1n) is 7.05. The van der Waals surface area contributed by atoms with Crippen LogP contribution in [0.25, 0.3) is 0 Å². The van der Waals surface area contributed by atoms with Gasteiger partial charge in [0.25, 0.3) is 0 Å². The molecule has 0 aliphatic carbocycles. The van der Waals surface area contributed by atoms with Crippen molar-refractivity contribution in [2.45, 2.75) is 13.0 Å². The van der Waals surface area contributed by atoms with Crippen LogP contribution in [-0.4, -0.2) is 19.6 Å². The van der Waals surface area contributed by atoms with E-state index < -0.39 is 0 Å². The average Bonchev–Trinajstić information content (AvgIpc) is 3.10. The smallest absolute Gasteiger partial charge is 0.117 e. The lowest BCUT2D eigenvalue weighted by Crippen LogP contribution is -2.26. The van der Waals surface area contributed by atoms with Gasteiger partial charge >= 0.3 is 0 Å². The minimum Gasteiger partial charge on any atom is -0.468 e. The second kappa shape index (κ2) is 6.46. The van der Waals surface area contributed by atoms with Crippen molar-refractivity contribution in [3.8, 4) is 0 Å². The third kappa shape index (κ3) is 3.44. The van der Waals surface area contributed by atoms with Crippen molar-refractivity contribution in [1.82, 2.24) is 5.32 Å². The summed E-state index contributed by atoms with van der Waals surface area (Å²) >= 11 is 3.54. The molecule has 4 heteroatoms. The molecule has 2 aromatic rings. The van der Waals surface area contributed by atoms with Crippen molar-refractivity contribution < 1.29 is 4.42 Å². The predicted molar refractivity (Wildman–Crippen MR) is 84.9 cm³/mol. The first kappa shape index (κ1) is 13.7. The first-order chi connectivity index (χ1) is 9.81. The maximum Gasteiger partial charge on any atom is 0.117 e. The van der Waals surface area contributed by atoms with Crippen molar-refractivity contribution in [1.29, 1.82) is 0 Å². The fraction of sp³-hybridized carbons (Fsp3) is 0.375. The van der Waals surface area contributed by atoms with Crippen molar-refractivity contribution in [2.24, 2.45) is 5.92 Å². The highest BCUT2D eigenvalue weighted by atomic mass is 79.9. The molecule has 1 aliphatic rings. The van der Waals surface area contributed by atoms with Crippen LogP contribution in [0.1, 0.15) is 12.2 Å². The fourth-order valence-electron chi connectivity index (χ4n) is 2.72. The van der Waals surface area contributed by atoms with Gasteiger partial charge in [0.05, 0.1) is 12.8 Å². The number of anilines is 1. The molecule has 1 aromatic carbocycles. The van der Waals surface area contributed by atoms with Gasteiger partial charge in [-0.1, -0.05) is 22.0 Å². The van der Waals surface area contributed by atoms with Crippen molar-refractivity contribution in [2.75, 3.05) is 24.5 Å². The second-order valence-electron chi connectivity index (χ2n) is 5.29. The van der Waals surface area contributed by atoms with Gasteiger partial charge in [0.2, 0.25) is 0 Å². The van der Waals surface area contributed by atoms with E-state index in [1.54, 1.807) is 6.26 Å². The van der Waals surface area contributed by atoms with Crippen LogP contribution in [0.3, 0.4) is 0 Å². The Morgan fingerprint density at radius 2 is 2.25 bits per heavy atom. The number of hydrogen-bond acceptors (Lipinski definition) is 3. The maximum absolute atomic E-state index is 5.32. The molecule has 1 aromatic heterocycles. The van der Waals surface area contributed by atoms with E-state index >= 15 is 0 Å². The van der Waals surface area contributed by atoms with Gasteiger partial charge in [-0.2, -0.15) is 0 Å². The van der Waals surface area contributed by atoms with Crippen LogP contribution in [0.4, 0.5) is 5.69 Å². The summed E-state index contributed by atoms with van der Waals surface area (Å²) in [5.74, 6) is 1.72. The zero-order chi connectivity index (χ0) is 13.8. The Morgan fingerprint density at radius 1 is 1.30 bits per heavy atom. The minimum absolute atomic E-state index is 0.712. The van der Waals surface area contributed by atoms with Crippen LogP contribution in [0.2, 0.25) is 0 Å². The summed E-state index contributed by atoms with van der Waals surface area (Å²) in [5, 5.41) is 3.48. The summed E-state index contributed by atoms with van der Waals surface area (Å²) in [6.45, 7) is 4.14. The Balaban J connectivity index is 1.47. The van der Waals surface area contributed by atoms with Crippen molar-refractivity contribution in [3.05, 3.63) is 52.9 Å². The van der Waals surface area contributed by atoms with E-state index in [1.165, 1.54) is 12.1 Å². The van der Waals surface area contributed by atoms with Crippen LogP contribution < -0.4 is 10.2 Å². The number of rotatable bonds is 5. The van der Waals surface area contributed by atoms with Crippen molar-refractivity contribution >= 4 is 21.6 Å². The number of hydrogen-bond donors (Lipinski definition) is 1. The normalized spacial score (nSPS) is 18.6. The zero-order valence-electron chi connectivity index (χ0n) is 11.4. The van der Waals surface area contributed by atoms with Gasteiger partial charge in [0.15, 0.2) is 0 Å². The molecular formula is C16H19BrN2O. The van der Waals surface area contributed by atoms with Crippen LogP contribution in [0, 0.1) is 5.92 Å². The van der Waals surface area contributed by atoms with Gasteiger partial charge in [-0.05, 0) is 42.7 Å². The van der Waals surface area contributed by atoms with Gasteiger partial charge in [0, 0.05) is 29.8 Å². The zero-order valence-corrected chi connectivity index (χ0v) is 13.0. The largest absolute Gasteiger partial charge is 0.468 e. The molecule has 1 unspecified atom stereocenters. The van der Waals surface area contributed by atoms with E-state index in [4.69, 9.17) is 4.42 Å². The number of nitrogens with one attached hydrogen (secondary N) is 1. The molecule has 1 N–H and O–H groups in total. The molecule has 0 spiro atoms. The van der Waals surface area contributed by atoms with Crippen LogP contribution in [-0.2, 0) is 6.54 Å². The van der Waals surface area contributed by atoms with E-state index in [9.17, 15) is 0 Å². The van der Waals surface area contributed by atoms with E-state index in [0.717, 1.165) is 36.4 Å². The van der Waals surface area contributed by atoms with E-state index in [2.05, 4.69) is 50.4 Å². The standard InChI is InChI=1S/C16H19BrN2O/c17-14-3-1-4-15(9-14)19-7-6-13(12-19)10-18-11-16-5-2-8-20-16/h1-5,8-9,13,18H,6-7,10-12H2. The quantitative estimate of drug-likeness (QED) is 0.904. The highest BCUT2D eigenvalue weighted by Crippen LogP contribution is 2.25. The molecule has 20 heavy (non-hydrogen) atoms. The molecule has 106 valence electrons. The van der Waals surface area contributed by atoms with Crippen LogP contribution >= 0.6 is 15.9 Å². The van der Waals surface area contributed by atoms with Gasteiger partial charge in [0.1, 0.15) is 5.76 Å². The first-order valence-corrected chi connectivity index (χ1v) is 7.84. The van der Waals surface area contributed by atoms with Crippen LogP contribution in [0.15, 0.2) is 51.6 Å². The third-order valence-corrected chi connectivity index (χ3v) is 4.26. The Hall–Kier alpha value is -1.26. The lowest BCUT2D eigenvalue weighted by molar-refractivity contribution is 0.454. The summed E-state index contributed by atoms with van der Waals surface area (Å²) in [6.07, 6.45) is 2.97. The molecule has 3 rings (SSSR count). The fourth-order valence-corrected chi connectivity index (χ4v) is 3.11. The van der Waals surface area contributed by atoms with E-state index in [0.29, 0.717) is 5.92 Å². The summed E-state index contributed by atoms with van der Waals surface area (Å²) in [4.78, 5) is 2.46. The van der Waals surface area contributed by atoms with Gasteiger partial charge < -0.3 is 14.6 Å². The molecular weight excluding hydrogens is 316 g/mol. The molecule has 1 saturated heterocycles. The molecule has 0 amide bonds. The molecule has 3 nitrogen and oxygen atoms in total. The second-order valence-corrected chi connectivity index (χ2v) is 6.21. The Morgan fingerprint density at radius 3 is 3.05 bits per heavy atom. The molecule has 0 saturated carbocycles. The Bertz CT molecular complexity index is 541. The number of benzene rings is 1. The Kier molecular flexibility index (Phi) is 4.43. The van der Waals surface area contributed by atoms with Gasteiger partial charge in [-0.25, -0.2) is 0 Å². The number of halogens is 1. The monoisotopic (exact) mass is 334 g/mol. The van der Waals surface area contributed by atoms with Gasteiger partial charge in [-0.3, -0.25) is 0 Å². The summed E-state index contributed by atoms with van der Waals surface area (Å²) < 4.78 is 6.47. The molecule has 0 bridgehead atoms. The predicted octanol–water partition coefficient (Wildman–Crippen LogP) is 3.66. The van der Waals surface area contributed by atoms with E-state index in [1.807, 2.05) is 12.1 Å².